The molecule has 0 spiro atoms. The molecule has 2 aromatic carbocycles. The van der Waals surface area contributed by atoms with Crippen molar-refractivity contribution in [1.82, 2.24) is 0 Å². The van der Waals surface area contributed by atoms with Crippen LogP contribution in [0.3, 0.4) is 0 Å². The molecule has 0 amide bonds. The predicted molar refractivity (Wildman–Crippen MR) is 102 cm³/mol. The van der Waals surface area contributed by atoms with Crippen LogP contribution in [0.25, 0.3) is 0 Å². The van der Waals surface area contributed by atoms with E-state index in [4.69, 9.17) is 8.92 Å². The molecule has 7 nitrogen and oxygen atoms in total. The van der Waals surface area contributed by atoms with Gasteiger partial charge in [0.25, 0.3) is 10.1 Å². The fourth-order valence-electron chi connectivity index (χ4n) is 2.76. The summed E-state index contributed by atoms with van der Waals surface area (Å²) in [7, 11) is -7.25. The van der Waals surface area contributed by atoms with Crippen molar-refractivity contribution in [2.24, 2.45) is 0 Å². The van der Waals surface area contributed by atoms with E-state index in [9.17, 15) is 16.8 Å². The number of nitrogens with one attached hydrogen (secondary N) is 1. The highest BCUT2D eigenvalue weighted by Gasteiger charge is 2.24. The Morgan fingerprint density at radius 2 is 1.81 bits per heavy atom. The van der Waals surface area contributed by atoms with Crippen LogP contribution in [0.5, 0.6) is 5.75 Å². The third-order valence-electron chi connectivity index (χ3n) is 4.12. The molecule has 0 saturated heterocycles. The number of hydrogen-bond acceptors (Lipinski definition) is 6. The summed E-state index contributed by atoms with van der Waals surface area (Å²) in [6, 6.07) is 11.5. The van der Waals surface area contributed by atoms with E-state index >= 15 is 0 Å². The van der Waals surface area contributed by atoms with Crippen LogP contribution >= 0.6 is 0 Å². The number of anilines is 1. The maximum atomic E-state index is 12.3. The topological polar surface area (TPSA) is 98.8 Å². The Kier molecular flexibility index (Phi) is 5.45. The molecule has 1 heterocycles. The first-order valence-electron chi connectivity index (χ1n) is 8.36. The standard InChI is InChI=1S/C18H21NO6S2/c1-13-3-9-17(10-4-13)27(22,23)24-12-16-8-6-14-5-7-15(11-18(14)25-16)19-26(2,20)21/h3-5,7,9-11,16,19H,6,8,12H2,1-2H3. The second-order valence-corrected chi connectivity index (χ2v) is 9.89. The number of sulfonamides is 1. The molecular weight excluding hydrogens is 390 g/mol. The molecule has 0 aliphatic carbocycles. The van der Waals surface area contributed by atoms with Gasteiger partial charge in [-0.2, -0.15) is 8.42 Å². The van der Waals surface area contributed by atoms with E-state index < -0.39 is 26.2 Å². The Bertz CT molecular complexity index is 1030. The number of benzene rings is 2. The summed E-state index contributed by atoms with van der Waals surface area (Å²) in [5.74, 6) is 0.524. The smallest absolute Gasteiger partial charge is 0.297 e. The van der Waals surface area contributed by atoms with Gasteiger partial charge < -0.3 is 4.74 Å². The Morgan fingerprint density at radius 3 is 2.48 bits per heavy atom. The molecule has 1 aliphatic heterocycles. The summed E-state index contributed by atoms with van der Waals surface area (Å²) in [6.45, 7) is 1.76. The highest BCUT2D eigenvalue weighted by Crippen LogP contribution is 2.31. The van der Waals surface area contributed by atoms with Crippen molar-refractivity contribution in [3.8, 4) is 5.75 Å². The molecule has 3 rings (SSSR count). The van der Waals surface area contributed by atoms with Gasteiger partial charge in [0, 0.05) is 6.07 Å². The summed E-state index contributed by atoms with van der Waals surface area (Å²) in [5, 5.41) is 0. The third kappa shape index (κ3) is 5.21. The monoisotopic (exact) mass is 411 g/mol. The molecule has 1 N–H and O–H groups in total. The molecule has 0 bridgehead atoms. The molecular formula is C18H21NO6S2. The molecule has 0 radical (unpaired) electrons. The van der Waals surface area contributed by atoms with E-state index in [1.807, 2.05) is 6.92 Å². The number of ether oxygens (including phenoxy) is 1. The summed E-state index contributed by atoms with van der Waals surface area (Å²) < 4.78 is 60.7. The average Bonchev–Trinajstić information content (AvgIpc) is 2.59. The lowest BCUT2D eigenvalue weighted by molar-refractivity contribution is 0.113. The minimum Gasteiger partial charge on any atom is -0.488 e. The highest BCUT2D eigenvalue weighted by molar-refractivity contribution is 7.92. The Hall–Kier alpha value is -2.10. The van der Waals surface area contributed by atoms with Gasteiger partial charge in [0.2, 0.25) is 10.0 Å². The Labute approximate surface area is 159 Å². The zero-order valence-corrected chi connectivity index (χ0v) is 16.6. The summed E-state index contributed by atoms with van der Waals surface area (Å²) >= 11 is 0. The first kappa shape index (κ1) is 19.7. The normalized spacial score (nSPS) is 17.0. The van der Waals surface area contributed by atoms with Crippen molar-refractivity contribution in [3.63, 3.8) is 0 Å². The van der Waals surface area contributed by atoms with E-state index in [2.05, 4.69) is 4.72 Å². The van der Waals surface area contributed by atoms with Crippen molar-refractivity contribution in [2.75, 3.05) is 17.6 Å². The van der Waals surface area contributed by atoms with Crippen molar-refractivity contribution in [3.05, 3.63) is 53.6 Å². The zero-order chi connectivity index (χ0) is 19.7. The fourth-order valence-corrected chi connectivity index (χ4v) is 4.25. The first-order valence-corrected chi connectivity index (χ1v) is 11.7. The van der Waals surface area contributed by atoms with Gasteiger partial charge in [-0.3, -0.25) is 8.91 Å². The molecule has 9 heteroatoms. The van der Waals surface area contributed by atoms with E-state index in [1.54, 1.807) is 30.3 Å². The van der Waals surface area contributed by atoms with Crippen molar-refractivity contribution >= 4 is 25.8 Å². The van der Waals surface area contributed by atoms with Crippen molar-refractivity contribution < 1.29 is 25.8 Å². The number of rotatable bonds is 6. The minimum absolute atomic E-state index is 0.101. The van der Waals surface area contributed by atoms with Gasteiger partial charge in [-0.05, 0) is 43.5 Å². The fraction of sp³-hybridized carbons (Fsp3) is 0.333. The second kappa shape index (κ2) is 7.49. The van der Waals surface area contributed by atoms with Gasteiger partial charge in [0.1, 0.15) is 18.5 Å². The summed E-state index contributed by atoms with van der Waals surface area (Å²) in [6.07, 6.45) is 1.92. The largest absolute Gasteiger partial charge is 0.488 e. The summed E-state index contributed by atoms with van der Waals surface area (Å²) in [5.41, 5.74) is 2.29. The molecule has 27 heavy (non-hydrogen) atoms. The molecule has 0 aromatic heterocycles. The van der Waals surface area contributed by atoms with Gasteiger partial charge in [-0.15, -0.1) is 0 Å². The molecule has 0 saturated carbocycles. The van der Waals surface area contributed by atoms with Gasteiger partial charge in [0.15, 0.2) is 0 Å². The van der Waals surface area contributed by atoms with Crippen LogP contribution < -0.4 is 9.46 Å². The Morgan fingerprint density at radius 1 is 1.11 bits per heavy atom. The second-order valence-electron chi connectivity index (χ2n) is 6.53. The number of hydrogen-bond donors (Lipinski definition) is 1. The van der Waals surface area contributed by atoms with E-state index in [1.165, 1.54) is 12.1 Å². The highest BCUT2D eigenvalue weighted by atomic mass is 32.2. The van der Waals surface area contributed by atoms with Crippen LogP contribution in [0, 0.1) is 6.92 Å². The van der Waals surface area contributed by atoms with E-state index in [-0.39, 0.29) is 11.5 Å². The maximum Gasteiger partial charge on any atom is 0.297 e. The van der Waals surface area contributed by atoms with Crippen molar-refractivity contribution in [1.29, 1.82) is 0 Å². The SMILES string of the molecule is Cc1ccc(S(=O)(=O)OCC2CCc3ccc(NS(C)(=O)=O)cc3O2)cc1. The van der Waals surface area contributed by atoms with Gasteiger partial charge >= 0.3 is 0 Å². The van der Waals surface area contributed by atoms with Crippen LogP contribution in [-0.2, 0) is 30.7 Å². The molecule has 1 unspecified atom stereocenters. The van der Waals surface area contributed by atoms with Crippen LogP contribution in [0.2, 0.25) is 0 Å². The van der Waals surface area contributed by atoms with Crippen LogP contribution in [-0.4, -0.2) is 35.8 Å². The lowest BCUT2D eigenvalue weighted by atomic mass is 10.0. The van der Waals surface area contributed by atoms with Gasteiger partial charge in [-0.25, -0.2) is 8.42 Å². The molecule has 1 aliphatic rings. The molecule has 146 valence electrons. The lowest BCUT2D eigenvalue weighted by Crippen LogP contribution is -2.29. The Balaban J connectivity index is 1.67. The average molecular weight is 412 g/mol. The van der Waals surface area contributed by atoms with Crippen LogP contribution in [0.4, 0.5) is 5.69 Å². The lowest BCUT2D eigenvalue weighted by Gasteiger charge is -2.26. The molecule has 2 aromatic rings. The third-order valence-corrected chi connectivity index (χ3v) is 6.02. The molecule has 1 atom stereocenters. The zero-order valence-electron chi connectivity index (χ0n) is 15.0. The summed E-state index contributed by atoms with van der Waals surface area (Å²) in [4.78, 5) is 0.101. The van der Waals surface area contributed by atoms with E-state index in [0.29, 0.717) is 24.3 Å². The van der Waals surface area contributed by atoms with Crippen LogP contribution in [0.15, 0.2) is 47.4 Å². The predicted octanol–water partition coefficient (Wildman–Crippen LogP) is 2.47. The minimum atomic E-state index is -3.86. The van der Waals surface area contributed by atoms with Gasteiger partial charge in [0.05, 0.1) is 16.8 Å². The van der Waals surface area contributed by atoms with E-state index in [0.717, 1.165) is 17.4 Å². The molecule has 0 fully saturated rings. The van der Waals surface area contributed by atoms with Gasteiger partial charge in [-0.1, -0.05) is 23.8 Å². The maximum absolute atomic E-state index is 12.3. The number of aryl methyl sites for hydroxylation is 2. The quantitative estimate of drug-likeness (QED) is 0.733. The number of fused-ring (bicyclic) bond motifs is 1. The van der Waals surface area contributed by atoms with Crippen molar-refractivity contribution in [2.45, 2.75) is 30.8 Å². The first-order chi connectivity index (χ1) is 12.6. The van der Waals surface area contributed by atoms with Crippen LogP contribution in [0.1, 0.15) is 17.5 Å².